The maximum absolute atomic E-state index is 13.3. The zero-order valence-corrected chi connectivity index (χ0v) is 23.0. The van der Waals surface area contributed by atoms with Crippen LogP contribution < -0.4 is 15.9 Å². The van der Waals surface area contributed by atoms with Crippen molar-refractivity contribution < 1.29 is 18.9 Å². The Morgan fingerprint density at radius 1 is 1.15 bits per heavy atom. The van der Waals surface area contributed by atoms with E-state index in [0.717, 1.165) is 4.68 Å². The molecule has 0 spiro atoms. The van der Waals surface area contributed by atoms with E-state index in [9.17, 15) is 4.79 Å². The molecule has 1 saturated heterocycles. The van der Waals surface area contributed by atoms with Gasteiger partial charge in [0.05, 0.1) is 19.4 Å². The lowest BCUT2D eigenvalue weighted by atomic mass is 10.2. The second-order valence-corrected chi connectivity index (χ2v) is 9.78. The molecule has 0 atom stereocenters. The monoisotopic (exact) mass is 605 g/mol. The summed E-state index contributed by atoms with van der Waals surface area (Å²) < 4.78 is 17.2. The number of hydrazone groups is 1. The van der Waals surface area contributed by atoms with Gasteiger partial charge in [-0.15, -0.1) is 5.10 Å². The molecule has 40 heavy (non-hydrogen) atoms. The highest BCUT2D eigenvalue weighted by Gasteiger charge is 2.26. The van der Waals surface area contributed by atoms with Crippen molar-refractivity contribution in [2.24, 2.45) is 5.10 Å². The molecule has 208 valence electrons. The number of ether oxygens (including phenoxy) is 2. The number of hydrogen-bond donors (Lipinski definition) is 2. The van der Waals surface area contributed by atoms with E-state index in [4.69, 9.17) is 50.0 Å². The van der Waals surface area contributed by atoms with Crippen molar-refractivity contribution in [3.8, 4) is 11.6 Å². The fourth-order valence-corrected chi connectivity index (χ4v) is 4.58. The number of carbonyl (C=O) groups is 1. The average Bonchev–Trinajstić information content (AvgIpc) is 3.55. The molecule has 0 saturated carbocycles. The first-order valence-electron chi connectivity index (χ1n) is 11.9. The summed E-state index contributed by atoms with van der Waals surface area (Å²) in [5, 5.41) is 21.1. The Hall–Kier alpha value is -3.75. The number of hydrogen-bond acceptors (Lipinski definition) is 11. The van der Waals surface area contributed by atoms with E-state index in [1.54, 1.807) is 36.4 Å². The van der Waals surface area contributed by atoms with Crippen LogP contribution in [0.3, 0.4) is 0 Å². The van der Waals surface area contributed by atoms with Gasteiger partial charge in [-0.25, -0.2) is 10.1 Å². The van der Waals surface area contributed by atoms with E-state index < -0.39 is 5.91 Å². The SMILES string of the molecule is Nc1nonc1-n1nnc(CN2CCOCC2)c1C(=O)N/N=C\c1cc(Cl)ccc1OCc1c(Cl)cccc1Cl. The van der Waals surface area contributed by atoms with Gasteiger partial charge in [0.15, 0.2) is 5.69 Å². The highest BCUT2D eigenvalue weighted by atomic mass is 35.5. The van der Waals surface area contributed by atoms with Gasteiger partial charge in [-0.1, -0.05) is 46.1 Å². The Kier molecular flexibility index (Phi) is 8.77. The number of benzene rings is 2. The van der Waals surface area contributed by atoms with Gasteiger partial charge >= 0.3 is 0 Å². The number of halogens is 3. The molecular formula is C24H22Cl3N9O4. The number of anilines is 1. The van der Waals surface area contributed by atoms with Gasteiger partial charge in [-0.2, -0.15) is 9.78 Å². The zero-order chi connectivity index (χ0) is 28.1. The average molecular weight is 607 g/mol. The van der Waals surface area contributed by atoms with Crippen LogP contribution in [0.25, 0.3) is 5.82 Å². The molecule has 3 heterocycles. The van der Waals surface area contributed by atoms with E-state index in [-0.39, 0.29) is 23.9 Å². The molecule has 1 fully saturated rings. The predicted octanol–water partition coefficient (Wildman–Crippen LogP) is 3.37. The van der Waals surface area contributed by atoms with Crippen LogP contribution in [0.15, 0.2) is 46.1 Å². The van der Waals surface area contributed by atoms with Crippen LogP contribution in [-0.2, 0) is 17.9 Å². The number of nitrogen functional groups attached to an aromatic ring is 1. The standard InChI is InChI=1S/C24H22Cl3N9O4/c25-15-4-5-20(39-13-16-17(26)2-1-3-18(16)27)14(10-15)11-29-31-24(37)21-19(12-35-6-8-38-9-7-35)30-34-36(21)23-22(28)32-40-33-23/h1-5,10-11H,6-9,12-13H2,(H2,28,32)(H,31,37)/b29-11-. The summed E-state index contributed by atoms with van der Waals surface area (Å²) in [6.45, 7) is 2.96. The van der Waals surface area contributed by atoms with Crippen LogP contribution in [0.4, 0.5) is 5.82 Å². The third-order valence-electron chi connectivity index (χ3n) is 5.90. The molecular weight excluding hydrogens is 585 g/mol. The molecule has 2 aromatic carbocycles. The van der Waals surface area contributed by atoms with E-state index >= 15 is 0 Å². The lowest BCUT2D eigenvalue weighted by Gasteiger charge is -2.25. The van der Waals surface area contributed by atoms with Crippen LogP contribution >= 0.6 is 34.8 Å². The van der Waals surface area contributed by atoms with Crippen molar-refractivity contribution in [3.63, 3.8) is 0 Å². The number of amides is 1. The number of nitrogens with one attached hydrogen (secondary N) is 1. The first-order valence-corrected chi connectivity index (χ1v) is 13.1. The van der Waals surface area contributed by atoms with Crippen molar-refractivity contribution in [3.05, 3.63) is 74.0 Å². The van der Waals surface area contributed by atoms with Crippen molar-refractivity contribution in [2.45, 2.75) is 13.2 Å². The van der Waals surface area contributed by atoms with E-state index in [0.29, 0.717) is 70.5 Å². The van der Waals surface area contributed by atoms with Crippen LogP contribution in [0.5, 0.6) is 5.75 Å². The highest BCUT2D eigenvalue weighted by Crippen LogP contribution is 2.28. The first kappa shape index (κ1) is 27.8. The van der Waals surface area contributed by atoms with Gasteiger partial charge in [-0.05, 0) is 40.6 Å². The Bertz CT molecular complexity index is 1520. The third kappa shape index (κ3) is 6.35. The lowest BCUT2D eigenvalue weighted by Crippen LogP contribution is -2.36. The molecule has 16 heteroatoms. The largest absolute Gasteiger partial charge is 0.488 e. The van der Waals surface area contributed by atoms with Crippen molar-refractivity contribution in [1.29, 1.82) is 0 Å². The summed E-state index contributed by atoms with van der Waals surface area (Å²) in [6, 6.07) is 10.2. The Morgan fingerprint density at radius 2 is 1.93 bits per heavy atom. The molecule has 0 unspecified atom stereocenters. The summed E-state index contributed by atoms with van der Waals surface area (Å²) in [5.74, 6) is -0.197. The fraction of sp³-hybridized carbons (Fsp3) is 0.250. The number of aromatic nitrogens is 5. The number of nitrogens with two attached hydrogens (primary N) is 1. The minimum Gasteiger partial charge on any atom is -0.488 e. The van der Waals surface area contributed by atoms with Crippen LogP contribution in [-0.4, -0.2) is 68.6 Å². The van der Waals surface area contributed by atoms with Gasteiger partial charge in [0.1, 0.15) is 18.1 Å². The van der Waals surface area contributed by atoms with Gasteiger partial charge in [0.25, 0.3) is 5.91 Å². The minimum absolute atomic E-state index is 0.0265. The van der Waals surface area contributed by atoms with Crippen molar-refractivity contribution >= 4 is 52.7 Å². The third-order valence-corrected chi connectivity index (χ3v) is 6.85. The molecule has 0 aliphatic carbocycles. The van der Waals surface area contributed by atoms with Gasteiger partial charge in [0.2, 0.25) is 11.6 Å². The Morgan fingerprint density at radius 3 is 2.65 bits per heavy atom. The maximum atomic E-state index is 13.3. The normalized spacial score (nSPS) is 14.1. The quantitative estimate of drug-likeness (QED) is 0.214. The molecule has 5 rings (SSSR count). The molecule has 1 amide bonds. The molecule has 1 aliphatic rings. The van der Waals surface area contributed by atoms with Crippen LogP contribution in [0.1, 0.15) is 27.3 Å². The Balaban J connectivity index is 1.36. The van der Waals surface area contributed by atoms with Gasteiger partial charge < -0.3 is 15.2 Å². The second kappa shape index (κ2) is 12.6. The highest BCUT2D eigenvalue weighted by molar-refractivity contribution is 6.36. The Labute approximate surface area is 242 Å². The van der Waals surface area contributed by atoms with Crippen molar-refractivity contribution in [2.75, 3.05) is 32.0 Å². The summed E-state index contributed by atoms with van der Waals surface area (Å²) >= 11 is 18.7. The summed E-state index contributed by atoms with van der Waals surface area (Å²) in [4.78, 5) is 15.4. The minimum atomic E-state index is -0.612. The number of nitrogens with zero attached hydrogens (tertiary/aromatic N) is 7. The second-order valence-electron chi connectivity index (χ2n) is 8.53. The number of carbonyl (C=O) groups excluding carboxylic acids is 1. The topological polar surface area (TPSA) is 159 Å². The molecule has 3 N–H and O–H groups in total. The number of rotatable bonds is 9. The van der Waals surface area contributed by atoms with E-state index in [1.165, 1.54) is 6.21 Å². The molecule has 4 aromatic rings. The van der Waals surface area contributed by atoms with Crippen LogP contribution in [0, 0.1) is 0 Å². The van der Waals surface area contributed by atoms with E-state index in [2.05, 4.69) is 40.7 Å². The molecule has 2 aromatic heterocycles. The van der Waals surface area contributed by atoms with E-state index in [1.807, 2.05) is 0 Å². The molecule has 1 aliphatic heterocycles. The van der Waals surface area contributed by atoms with Crippen molar-refractivity contribution in [1.82, 2.24) is 35.6 Å². The predicted molar refractivity (Wildman–Crippen MR) is 147 cm³/mol. The molecule has 13 nitrogen and oxygen atoms in total. The van der Waals surface area contributed by atoms with Gasteiger partial charge in [-0.3, -0.25) is 9.69 Å². The van der Waals surface area contributed by atoms with Crippen LogP contribution in [0.2, 0.25) is 15.1 Å². The fourth-order valence-electron chi connectivity index (χ4n) is 3.89. The summed E-state index contributed by atoms with van der Waals surface area (Å²) in [7, 11) is 0. The zero-order valence-electron chi connectivity index (χ0n) is 20.8. The summed E-state index contributed by atoms with van der Waals surface area (Å²) in [5.41, 5.74) is 9.93. The lowest BCUT2D eigenvalue weighted by molar-refractivity contribution is 0.0335. The molecule has 0 radical (unpaired) electrons. The summed E-state index contributed by atoms with van der Waals surface area (Å²) in [6.07, 6.45) is 1.40. The van der Waals surface area contributed by atoms with Gasteiger partial charge in [0, 0.05) is 45.8 Å². The smallest absolute Gasteiger partial charge is 0.292 e. The first-order chi connectivity index (χ1) is 19.4. The number of morpholine rings is 1. The maximum Gasteiger partial charge on any atom is 0.292 e. The molecule has 0 bridgehead atoms.